The molecule has 0 heterocycles. The van der Waals surface area contributed by atoms with Gasteiger partial charge in [-0.05, 0) is 44.7 Å². The molecule has 1 aliphatic carbocycles. The van der Waals surface area contributed by atoms with Gasteiger partial charge in [0.05, 0.1) is 11.5 Å². The third-order valence-corrected chi connectivity index (χ3v) is 4.93. The predicted molar refractivity (Wildman–Crippen MR) is 87.0 cm³/mol. The molecule has 21 heavy (non-hydrogen) atoms. The molecule has 1 saturated carbocycles. The van der Waals surface area contributed by atoms with Gasteiger partial charge in [-0.3, -0.25) is 4.79 Å². The maximum Gasteiger partial charge on any atom is 0.227 e. The summed E-state index contributed by atoms with van der Waals surface area (Å²) in [6, 6.07) is 6.42. The Hall–Kier alpha value is -1.35. The fraction of sp³-hybridized carbons (Fsp3) is 0.611. The average molecular weight is 288 g/mol. The highest BCUT2D eigenvalue weighted by Crippen LogP contribution is 2.36. The van der Waals surface area contributed by atoms with Crippen LogP contribution in [-0.2, 0) is 4.79 Å². The fourth-order valence-corrected chi connectivity index (χ4v) is 3.41. The second kappa shape index (κ2) is 6.61. The highest BCUT2D eigenvalue weighted by Gasteiger charge is 2.38. The molecule has 2 rings (SSSR count). The number of carbonyl (C=O) groups excluding carboxylic acids is 1. The number of carbonyl (C=O) groups is 1. The minimum atomic E-state index is -0.343. The van der Waals surface area contributed by atoms with Gasteiger partial charge in [0.25, 0.3) is 0 Å². The van der Waals surface area contributed by atoms with Crippen LogP contribution in [-0.4, -0.2) is 12.5 Å². The summed E-state index contributed by atoms with van der Waals surface area (Å²) >= 11 is 0. The van der Waals surface area contributed by atoms with Crippen molar-refractivity contribution < 1.29 is 4.79 Å². The first-order valence-electron chi connectivity index (χ1n) is 8.07. The lowest BCUT2D eigenvalue weighted by molar-refractivity contribution is -0.133. The summed E-state index contributed by atoms with van der Waals surface area (Å²) in [5.41, 5.74) is 9.25. The van der Waals surface area contributed by atoms with Crippen LogP contribution in [0.2, 0.25) is 0 Å². The van der Waals surface area contributed by atoms with Crippen molar-refractivity contribution in [3.63, 3.8) is 0 Å². The number of benzene rings is 1. The van der Waals surface area contributed by atoms with Crippen LogP contribution in [0.15, 0.2) is 18.2 Å². The molecule has 0 aliphatic heterocycles. The van der Waals surface area contributed by atoms with E-state index in [-0.39, 0.29) is 17.4 Å². The summed E-state index contributed by atoms with van der Waals surface area (Å²) in [6.45, 7) is 6.70. The van der Waals surface area contributed by atoms with Crippen molar-refractivity contribution in [2.45, 2.75) is 58.9 Å². The molecular weight excluding hydrogens is 260 g/mol. The van der Waals surface area contributed by atoms with Crippen molar-refractivity contribution in [1.29, 1.82) is 0 Å². The quantitative estimate of drug-likeness (QED) is 0.892. The minimum absolute atomic E-state index is 0.0303. The summed E-state index contributed by atoms with van der Waals surface area (Å²) in [7, 11) is 0. The van der Waals surface area contributed by atoms with E-state index in [4.69, 9.17) is 5.73 Å². The number of rotatable bonds is 4. The van der Waals surface area contributed by atoms with Crippen LogP contribution in [0.5, 0.6) is 0 Å². The smallest absolute Gasteiger partial charge is 0.227 e. The van der Waals surface area contributed by atoms with Gasteiger partial charge < -0.3 is 11.1 Å². The minimum Gasteiger partial charge on any atom is -0.349 e. The van der Waals surface area contributed by atoms with E-state index in [9.17, 15) is 4.79 Å². The fourth-order valence-electron chi connectivity index (χ4n) is 3.41. The third-order valence-electron chi connectivity index (χ3n) is 4.93. The van der Waals surface area contributed by atoms with Crippen LogP contribution in [0.1, 0.15) is 61.8 Å². The lowest BCUT2D eigenvalue weighted by Gasteiger charge is -2.35. The zero-order chi connectivity index (χ0) is 15.5. The summed E-state index contributed by atoms with van der Waals surface area (Å²) in [5, 5.41) is 3.21. The first-order valence-corrected chi connectivity index (χ1v) is 8.07. The van der Waals surface area contributed by atoms with Gasteiger partial charge in [-0.15, -0.1) is 0 Å². The largest absolute Gasteiger partial charge is 0.349 e. The third kappa shape index (κ3) is 3.46. The summed E-state index contributed by atoms with van der Waals surface area (Å²) in [5.74, 6) is 0.137. The van der Waals surface area contributed by atoms with Gasteiger partial charge in [0.2, 0.25) is 5.91 Å². The number of amides is 1. The Bertz CT molecular complexity index is 504. The summed E-state index contributed by atoms with van der Waals surface area (Å²) in [6.07, 6.45) is 5.30. The van der Waals surface area contributed by atoms with Gasteiger partial charge in [-0.1, -0.05) is 43.0 Å². The van der Waals surface area contributed by atoms with Gasteiger partial charge in [0.1, 0.15) is 0 Å². The van der Waals surface area contributed by atoms with Crippen molar-refractivity contribution in [3.8, 4) is 0 Å². The van der Waals surface area contributed by atoms with Gasteiger partial charge in [-0.25, -0.2) is 0 Å². The average Bonchev–Trinajstić information content (AvgIpc) is 2.50. The monoisotopic (exact) mass is 288 g/mol. The van der Waals surface area contributed by atoms with Crippen LogP contribution < -0.4 is 11.1 Å². The van der Waals surface area contributed by atoms with Crippen molar-refractivity contribution in [1.82, 2.24) is 5.32 Å². The molecule has 0 spiro atoms. The molecule has 1 aromatic carbocycles. The molecule has 1 amide bonds. The number of hydrogen-bond donors (Lipinski definition) is 2. The Morgan fingerprint density at radius 1 is 1.29 bits per heavy atom. The highest BCUT2D eigenvalue weighted by atomic mass is 16.2. The van der Waals surface area contributed by atoms with Gasteiger partial charge in [0.15, 0.2) is 0 Å². The maximum atomic E-state index is 12.7. The van der Waals surface area contributed by atoms with Crippen LogP contribution in [0, 0.1) is 19.3 Å². The van der Waals surface area contributed by atoms with Gasteiger partial charge in [-0.2, -0.15) is 0 Å². The number of nitrogens with two attached hydrogens (primary N) is 1. The first-order chi connectivity index (χ1) is 9.98. The molecule has 1 fully saturated rings. The van der Waals surface area contributed by atoms with Crippen LogP contribution in [0.3, 0.4) is 0 Å². The Balaban J connectivity index is 2.12. The van der Waals surface area contributed by atoms with E-state index in [1.165, 1.54) is 23.1 Å². The summed E-state index contributed by atoms with van der Waals surface area (Å²) < 4.78 is 0. The molecule has 1 unspecified atom stereocenters. The molecular formula is C18H28N2O. The maximum absolute atomic E-state index is 12.7. The van der Waals surface area contributed by atoms with Gasteiger partial charge in [0, 0.05) is 6.54 Å². The first kappa shape index (κ1) is 16.0. The van der Waals surface area contributed by atoms with E-state index in [0.29, 0.717) is 6.54 Å². The van der Waals surface area contributed by atoms with Crippen molar-refractivity contribution in [2.24, 2.45) is 11.1 Å². The SMILES string of the molecule is Cc1ccc(C)c(C(C)NC(=O)C2(CN)CCCCC2)c1. The van der Waals surface area contributed by atoms with E-state index >= 15 is 0 Å². The topological polar surface area (TPSA) is 55.1 Å². The zero-order valence-corrected chi connectivity index (χ0v) is 13.5. The lowest BCUT2D eigenvalue weighted by Crippen LogP contribution is -2.47. The molecule has 3 N–H and O–H groups in total. The van der Waals surface area contributed by atoms with Gasteiger partial charge >= 0.3 is 0 Å². The standard InChI is InChI=1S/C18H28N2O/c1-13-7-8-14(2)16(11-13)15(3)20-17(21)18(12-19)9-5-4-6-10-18/h7-8,11,15H,4-6,9-10,12,19H2,1-3H3,(H,20,21). The zero-order valence-electron chi connectivity index (χ0n) is 13.5. The second-order valence-electron chi connectivity index (χ2n) is 6.60. The van der Waals surface area contributed by atoms with Crippen molar-refractivity contribution in [2.75, 3.05) is 6.54 Å². The van der Waals surface area contributed by atoms with Crippen LogP contribution >= 0.6 is 0 Å². The molecule has 3 heteroatoms. The Labute approximate surface area is 128 Å². The normalized spacial score (nSPS) is 19.0. The Morgan fingerprint density at radius 2 is 1.95 bits per heavy atom. The Morgan fingerprint density at radius 3 is 2.57 bits per heavy atom. The lowest BCUT2D eigenvalue weighted by atomic mass is 9.73. The second-order valence-corrected chi connectivity index (χ2v) is 6.60. The predicted octanol–water partition coefficient (Wildman–Crippen LogP) is 3.39. The summed E-state index contributed by atoms with van der Waals surface area (Å²) in [4.78, 5) is 12.7. The van der Waals surface area contributed by atoms with E-state index in [1.54, 1.807) is 0 Å². The van der Waals surface area contributed by atoms with E-state index in [0.717, 1.165) is 25.7 Å². The highest BCUT2D eigenvalue weighted by molar-refractivity contribution is 5.83. The van der Waals surface area contributed by atoms with E-state index in [1.807, 2.05) is 0 Å². The van der Waals surface area contributed by atoms with Crippen molar-refractivity contribution in [3.05, 3.63) is 34.9 Å². The van der Waals surface area contributed by atoms with E-state index in [2.05, 4.69) is 44.3 Å². The molecule has 3 nitrogen and oxygen atoms in total. The molecule has 1 aromatic rings. The van der Waals surface area contributed by atoms with Crippen LogP contribution in [0.25, 0.3) is 0 Å². The molecule has 0 bridgehead atoms. The molecule has 1 atom stereocenters. The molecule has 0 radical (unpaired) electrons. The van der Waals surface area contributed by atoms with Crippen LogP contribution in [0.4, 0.5) is 0 Å². The molecule has 1 aliphatic rings. The number of nitrogens with one attached hydrogen (secondary N) is 1. The number of hydrogen-bond acceptors (Lipinski definition) is 2. The molecule has 0 aromatic heterocycles. The van der Waals surface area contributed by atoms with Crippen molar-refractivity contribution >= 4 is 5.91 Å². The number of aryl methyl sites for hydroxylation is 2. The van der Waals surface area contributed by atoms with E-state index < -0.39 is 0 Å². The Kier molecular flexibility index (Phi) is 5.04. The molecule has 116 valence electrons. The molecule has 0 saturated heterocycles.